The van der Waals surface area contributed by atoms with Crippen molar-refractivity contribution in [1.82, 2.24) is 10.3 Å². The quantitative estimate of drug-likeness (QED) is 0.898. The van der Waals surface area contributed by atoms with Gasteiger partial charge in [-0.15, -0.1) is 11.3 Å². The van der Waals surface area contributed by atoms with E-state index in [4.69, 9.17) is 5.26 Å². The number of aromatic nitrogens is 1. The molecular formula is C13H13N3S. The summed E-state index contributed by atoms with van der Waals surface area (Å²) in [5, 5.41) is 15.2. The van der Waals surface area contributed by atoms with Crippen molar-refractivity contribution in [2.24, 2.45) is 0 Å². The van der Waals surface area contributed by atoms with Crippen molar-refractivity contribution in [3.05, 3.63) is 51.5 Å². The number of aryl methyl sites for hydroxylation is 1. The van der Waals surface area contributed by atoms with Gasteiger partial charge in [0.1, 0.15) is 5.01 Å². The first-order valence-corrected chi connectivity index (χ1v) is 6.26. The Bertz CT molecular complexity index is 522. The van der Waals surface area contributed by atoms with E-state index >= 15 is 0 Å². The van der Waals surface area contributed by atoms with Crippen molar-refractivity contribution in [1.29, 1.82) is 5.26 Å². The Hall–Kier alpha value is -1.70. The summed E-state index contributed by atoms with van der Waals surface area (Å²) in [6.07, 6.45) is 0. The molecule has 86 valence electrons. The van der Waals surface area contributed by atoms with E-state index in [2.05, 4.69) is 21.8 Å². The van der Waals surface area contributed by atoms with Gasteiger partial charge >= 0.3 is 0 Å². The van der Waals surface area contributed by atoms with Gasteiger partial charge in [-0.3, -0.25) is 0 Å². The molecule has 0 saturated heterocycles. The normalized spacial score (nSPS) is 10.1. The maximum Gasteiger partial charge on any atom is 0.107 e. The maximum absolute atomic E-state index is 8.68. The van der Waals surface area contributed by atoms with E-state index in [1.165, 1.54) is 5.56 Å². The number of thiazole rings is 1. The van der Waals surface area contributed by atoms with Gasteiger partial charge in [-0.25, -0.2) is 4.98 Å². The zero-order valence-electron chi connectivity index (χ0n) is 9.60. The van der Waals surface area contributed by atoms with Crippen LogP contribution in [0.5, 0.6) is 0 Å². The summed E-state index contributed by atoms with van der Waals surface area (Å²) >= 11 is 1.67. The van der Waals surface area contributed by atoms with Crippen LogP contribution in [0.2, 0.25) is 0 Å². The lowest BCUT2D eigenvalue weighted by molar-refractivity contribution is 0.689. The molecular weight excluding hydrogens is 230 g/mol. The number of nitriles is 1. The van der Waals surface area contributed by atoms with E-state index < -0.39 is 0 Å². The highest BCUT2D eigenvalue weighted by Gasteiger charge is 1.98. The van der Waals surface area contributed by atoms with Crippen molar-refractivity contribution in [2.45, 2.75) is 20.0 Å². The topological polar surface area (TPSA) is 48.7 Å². The van der Waals surface area contributed by atoms with E-state index in [-0.39, 0.29) is 0 Å². The molecule has 1 heterocycles. The summed E-state index contributed by atoms with van der Waals surface area (Å²) in [6.45, 7) is 3.59. The van der Waals surface area contributed by atoms with Crippen LogP contribution in [0.3, 0.4) is 0 Å². The second-order valence-corrected chi connectivity index (χ2v) is 4.74. The molecule has 0 fully saturated rings. The summed E-state index contributed by atoms with van der Waals surface area (Å²) in [4.78, 5) is 4.38. The van der Waals surface area contributed by atoms with E-state index in [1.807, 2.05) is 31.2 Å². The van der Waals surface area contributed by atoms with Gasteiger partial charge in [0.05, 0.1) is 11.6 Å². The third-order valence-electron chi connectivity index (χ3n) is 2.35. The van der Waals surface area contributed by atoms with Gasteiger partial charge in [0.15, 0.2) is 0 Å². The Labute approximate surface area is 105 Å². The van der Waals surface area contributed by atoms with Crippen LogP contribution < -0.4 is 5.32 Å². The highest BCUT2D eigenvalue weighted by molar-refractivity contribution is 7.09. The minimum Gasteiger partial charge on any atom is -0.306 e. The van der Waals surface area contributed by atoms with Gasteiger partial charge in [0, 0.05) is 24.2 Å². The Kier molecular flexibility index (Phi) is 3.86. The van der Waals surface area contributed by atoms with Crippen LogP contribution in [0, 0.1) is 18.3 Å². The SMILES string of the molecule is Cc1csc(CNCc2ccc(C#N)cc2)n1. The van der Waals surface area contributed by atoms with E-state index in [0.717, 1.165) is 23.8 Å². The highest BCUT2D eigenvalue weighted by atomic mass is 32.1. The average Bonchev–Trinajstić information content (AvgIpc) is 2.76. The van der Waals surface area contributed by atoms with Gasteiger partial charge in [0.25, 0.3) is 0 Å². The zero-order valence-corrected chi connectivity index (χ0v) is 10.4. The maximum atomic E-state index is 8.68. The molecule has 0 bridgehead atoms. The lowest BCUT2D eigenvalue weighted by Crippen LogP contribution is -2.12. The molecule has 1 N–H and O–H groups in total. The second-order valence-electron chi connectivity index (χ2n) is 3.79. The standard InChI is InChI=1S/C13H13N3S/c1-10-9-17-13(16-10)8-15-7-12-4-2-11(6-14)3-5-12/h2-5,9,15H,7-8H2,1H3. The number of hydrogen-bond donors (Lipinski definition) is 1. The van der Waals surface area contributed by atoms with Gasteiger partial charge in [-0.1, -0.05) is 12.1 Å². The van der Waals surface area contributed by atoms with Crippen molar-refractivity contribution >= 4 is 11.3 Å². The zero-order chi connectivity index (χ0) is 12.1. The van der Waals surface area contributed by atoms with E-state index in [9.17, 15) is 0 Å². The molecule has 17 heavy (non-hydrogen) atoms. The van der Waals surface area contributed by atoms with Crippen LogP contribution in [0.1, 0.15) is 21.8 Å². The summed E-state index contributed by atoms with van der Waals surface area (Å²) in [7, 11) is 0. The molecule has 2 aromatic rings. The van der Waals surface area contributed by atoms with E-state index in [1.54, 1.807) is 11.3 Å². The second kappa shape index (κ2) is 5.58. The molecule has 0 aliphatic rings. The molecule has 0 saturated carbocycles. The number of nitrogens with one attached hydrogen (secondary N) is 1. The predicted molar refractivity (Wildman–Crippen MR) is 68.6 cm³/mol. The molecule has 0 aliphatic carbocycles. The summed E-state index contributed by atoms with van der Waals surface area (Å²) in [5.74, 6) is 0. The fraction of sp³-hybridized carbons (Fsp3) is 0.231. The van der Waals surface area contributed by atoms with Crippen molar-refractivity contribution in [2.75, 3.05) is 0 Å². The lowest BCUT2D eigenvalue weighted by atomic mass is 10.1. The minimum absolute atomic E-state index is 0.698. The number of benzene rings is 1. The Morgan fingerprint density at radius 2 is 2.06 bits per heavy atom. The average molecular weight is 243 g/mol. The van der Waals surface area contributed by atoms with Gasteiger partial charge in [0.2, 0.25) is 0 Å². The fourth-order valence-corrected chi connectivity index (χ4v) is 2.24. The Balaban J connectivity index is 1.84. The lowest BCUT2D eigenvalue weighted by Gasteiger charge is -2.02. The summed E-state index contributed by atoms with van der Waals surface area (Å²) < 4.78 is 0. The highest BCUT2D eigenvalue weighted by Crippen LogP contribution is 2.08. The van der Waals surface area contributed by atoms with Crippen molar-refractivity contribution in [3.63, 3.8) is 0 Å². The van der Waals surface area contributed by atoms with Crippen LogP contribution in [0.4, 0.5) is 0 Å². The molecule has 0 atom stereocenters. The van der Waals surface area contributed by atoms with Gasteiger partial charge in [-0.2, -0.15) is 5.26 Å². The molecule has 1 aromatic carbocycles. The smallest absolute Gasteiger partial charge is 0.107 e. The number of hydrogen-bond acceptors (Lipinski definition) is 4. The third-order valence-corrected chi connectivity index (χ3v) is 3.32. The largest absolute Gasteiger partial charge is 0.306 e. The molecule has 0 unspecified atom stereocenters. The number of rotatable bonds is 4. The van der Waals surface area contributed by atoms with Crippen molar-refractivity contribution in [3.8, 4) is 6.07 Å². The Morgan fingerprint density at radius 3 is 2.65 bits per heavy atom. The van der Waals surface area contributed by atoms with E-state index in [0.29, 0.717) is 5.56 Å². The molecule has 0 radical (unpaired) electrons. The molecule has 0 aliphatic heterocycles. The predicted octanol–water partition coefficient (Wildman–Crippen LogP) is 2.61. The van der Waals surface area contributed by atoms with Crippen molar-refractivity contribution < 1.29 is 0 Å². The van der Waals surface area contributed by atoms with Gasteiger partial charge in [-0.05, 0) is 24.6 Å². The molecule has 0 amide bonds. The fourth-order valence-electron chi connectivity index (χ4n) is 1.49. The third kappa shape index (κ3) is 3.38. The van der Waals surface area contributed by atoms with Crippen LogP contribution >= 0.6 is 11.3 Å². The molecule has 3 nitrogen and oxygen atoms in total. The summed E-state index contributed by atoms with van der Waals surface area (Å²) in [6, 6.07) is 9.73. The monoisotopic (exact) mass is 243 g/mol. The van der Waals surface area contributed by atoms with Crippen LogP contribution in [0.25, 0.3) is 0 Å². The molecule has 4 heteroatoms. The van der Waals surface area contributed by atoms with Crippen LogP contribution in [0.15, 0.2) is 29.6 Å². The first-order chi connectivity index (χ1) is 8.28. The minimum atomic E-state index is 0.698. The Morgan fingerprint density at radius 1 is 1.29 bits per heavy atom. The van der Waals surface area contributed by atoms with Crippen LogP contribution in [-0.4, -0.2) is 4.98 Å². The molecule has 0 spiro atoms. The number of nitrogens with zero attached hydrogens (tertiary/aromatic N) is 2. The first kappa shape index (κ1) is 11.8. The first-order valence-electron chi connectivity index (χ1n) is 5.38. The molecule has 1 aromatic heterocycles. The van der Waals surface area contributed by atoms with Gasteiger partial charge < -0.3 is 5.32 Å². The van der Waals surface area contributed by atoms with Crippen LogP contribution in [-0.2, 0) is 13.1 Å². The summed E-state index contributed by atoms with van der Waals surface area (Å²) in [5.41, 5.74) is 2.95. The molecule has 2 rings (SSSR count).